The summed E-state index contributed by atoms with van der Waals surface area (Å²) in [5, 5.41) is 3.45. The van der Waals surface area contributed by atoms with Crippen molar-refractivity contribution in [1.29, 1.82) is 0 Å². The summed E-state index contributed by atoms with van der Waals surface area (Å²) in [6, 6.07) is 4.67. The molecule has 1 N–H and O–H groups in total. The van der Waals surface area contributed by atoms with Crippen LogP contribution < -0.4 is 10.2 Å². The SMILES string of the molecule is CCCCN(C)c1ncccc1CNC(C)C. The van der Waals surface area contributed by atoms with E-state index in [-0.39, 0.29) is 0 Å². The van der Waals surface area contributed by atoms with E-state index in [2.05, 4.69) is 49.1 Å². The number of nitrogens with one attached hydrogen (secondary N) is 1. The van der Waals surface area contributed by atoms with Gasteiger partial charge in [-0.2, -0.15) is 0 Å². The van der Waals surface area contributed by atoms with Gasteiger partial charge in [-0.25, -0.2) is 4.98 Å². The van der Waals surface area contributed by atoms with E-state index in [0.29, 0.717) is 6.04 Å². The predicted molar refractivity (Wildman–Crippen MR) is 74.4 cm³/mol. The maximum absolute atomic E-state index is 4.50. The van der Waals surface area contributed by atoms with E-state index in [1.54, 1.807) is 0 Å². The molecule has 1 heterocycles. The second kappa shape index (κ2) is 7.28. The molecule has 0 atom stereocenters. The van der Waals surface area contributed by atoms with Crippen LogP contribution in [-0.4, -0.2) is 24.6 Å². The molecule has 0 fully saturated rings. The van der Waals surface area contributed by atoms with E-state index in [4.69, 9.17) is 0 Å². The van der Waals surface area contributed by atoms with E-state index in [1.807, 2.05) is 12.3 Å². The van der Waals surface area contributed by atoms with Crippen LogP contribution in [0.5, 0.6) is 0 Å². The van der Waals surface area contributed by atoms with Gasteiger partial charge in [0.1, 0.15) is 5.82 Å². The monoisotopic (exact) mass is 235 g/mol. The second-order valence-corrected chi connectivity index (χ2v) is 4.80. The summed E-state index contributed by atoms with van der Waals surface area (Å²) in [5.74, 6) is 1.11. The third kappa shape index (κ3) is 4.73. The molecule has 0 amide bonds. The number of pyridine rings is 1. The molecule has 3 nitrogen and oxygen atoms in total. The van der Waals surface area contributed by atoms with Crippen LogP contribution in [0.1, 0.15) is 39.2 Å². The first kappa shape index (κ1) is 14.0. The lowest BCUT2D eigenvalue weighted by atomic mass is 10.2. The number of hydrogen-bond acceptors (Lipinski definition) is 3. The van der Waals surface area contributed by atoms with Crippen molar-refractivity contribution in [1.82, 2.24) is 10.3 Å². The Bertz CT molecular complexity index is 323. The van der Waals surface area contributed by atoms with Gasteiger partial charge in [-0.05, 0) is 12.5 Å². The minimum Gasteiger partial charge on any atom is -0.359 e. The second-order valence-electron chi connectivity index (χ2n) is 4.80. The highest BCUT2D eigenvalue weighted by Gasteiger charge is 2.08. The Morgan fingerprint density at radius 1 is 1.41 bits per heavy atom. The van der Waals surface area contributed by atoms with Gasteiger partial charge in [-0.15, -0.1) is 0 Å². The third-order valence-electron chi connectivity index (χ3n) is 2.78. The molecule has 17 heavy (non-hydrogen) atoms. The van der Waals surface area contributed by atoms with E-state index >= 15 is 0 Å². The van der Waals surface area contributed by atoms with Gasteiger partial charge in [-0.3, -0.25) is 0 Å². The molecule has 0 unspecified atom stereocenters. The van der Waals surface area contributed by atoms with Crippen molar-refractivity contribution in [3.05, 3.63) is 23.9 Å². The van der Waals surface area contributed by atoms with Crippen molar-refractivity contribution in [2.45, 2.75) is 46.2 Å². The van der Waals surface area contributed by atoms with Crippen molar-refractivity contribution in [3.8, 4) is 0 Å². The minimum absolute atomic E-state index is 0.504. The van der Waals surface area contributed by atoms with Gasteiger partial charge in [0.25, 0.3) is 0 Å². The van der Waals surface area contributed by atoms with Crippen LogP contribution in [0.25, 0.3) is 0 Å². The Hall–Kier alpha value is -1.09. The summed E-state index contributed by atoms with van der Waals surface area (Å²) in [5.41, 5.74) is 1.28. The zero-order valence-corrected chi connectivity index (χ0v) is 11.5. The topological polar surface area (TPSA) is 28.2 Å². The van der Waals surface area contributed by atoms with Gasteiger partial charge in [-0.1, -0.05) is 33.3 Å². The molecule has 0 aromatic carbocycles. The van der Waals surface area contributed by atoms with Crippen LogP contribution in [0.2, 0.25) is 0 Å². The summed E-state index contributed by atoms with van der Waals surface area (Å²) in [7, 11) is 2.12. The number of rotatable bonds is 7. The normalized spacial score (nSPS) is 10.9. The molecule has 0 radical (unpaired) electrons. The molecule has 0 saturated heterocycles. The molecule has 0 bridgehead atoms. The zero-order valence-electron chi connectivity index (χ0n) is 11.5. The van der Waals surface area contributed by atoms with Crippen LogP contribution >= 0.6 is 0 Å². The average molecular weight is 235 g/mol. The summed E-state index contributed by atoms with van der Waals surface area (Å²) in [4.78, 5) is 6.75. The van der Waals surface area contributed by atoms with E-state index in [0.717, 1.165) is 18.9 Å². The lowest BCUT2D eigenvalue weighted by molar-refractivity contribution is 0.587. The highest BCUT2D eigenvalue weighted by atomic mass is 15.2. The summed E-state index contributed by atoms with van der Waals surface area (Å²) < 4.78 is 0. The predicted octanol–water partition coefficient (Wildman–Crippen LogP) is 2.82. The van der Waals surface area contributed by atoms with Crippen molar-refractivity contribution >= 4 is 5.82 Å². The van der Waals surface area contributed by atoms with Crippen molar-refractivity contribution < 1.29 is 0 Å². The fourth-order valence-corrected chi connectivity index (χ4v) is 1.73. The quantitative estimate of drug-likeness (QED) is 0.787. The molecule has 1 aromatic heterocycles. The lowest BCUT2D eigenvalue weighted by Gasteiger charge is -2.21. The number of nitrogens with zero attached hydrogens (tertiary/aromatic N) is 2. The summed E-state index contributed by atoms with van der Waals surface area (Å²) in [6.07, 6.45) is 4.30. The summed E-state index contributed by atoms with van der Waals surface area (Å²) in [6.45, 7) is 8.50. The Balaban J connectivity index is 2.69. The summed E-state index contributed by atoms with van der Waals surface area (Å²) >= 11 is 0. The Labute approximate surface area is 105 Å². The smallest absolute Gasteiger partial charge is 0.132 e. The maximum Gasteiger partial charge on any atom is 0.132 e. The van der Waals surface area contributed by atoms with Gasteiger partial charge in [0.2, 0.25) is 0 Å². The number of anilines is 1. The standard InChI is InChI=1S/C14H25N3/c1-5-6-10-17(4)14-13(8-7-9-15-14)11-16-12(2)3/h7-9,12,16H,5-6,10-11H2,1-4H3. The number of unbranched alkanes of at least 4 members (excludes halogenated alkanes) is 1. The van der Waals surface area contributed by atoms with E-state index in [9.17, 15) is 0 Å². The molecule has 0 aliphatic heterocycles. The van der Waals surface area contributed by atoms with Crippen molar-refractivity contribution in [2.24, 2.45) is 0 Å². The molecule has 0 saturated carbocycles. The Kier molecular flexibility index (Phi) is 5.98. The van der Waals surface area contributed by atoms with Crippen molar-refractivity contribution in [3.63, 3.8) is 0 Å². The van der Waals surface area contributed by atoms with Crippen molar-refractivity contribution in [2.75, 3.05) is 18.5 Å². The first-order valence-corrected chi connectivity index (χ1v) is 6.53. The van der Waals surface area contributed by atoms with Gasteiger partial charge >= 0.3 is 0 Å². The van der Waals surface area contributed by atoms with Crippen LogP contribution in [-0.2, 0) is 6.54 Å². The molecular weight excluding hydrogens is 210 g/mol. The first-order chi connectivity index (χ1) is 8.15. The fraction of sp³-hybridized carbons (Fsp3) is 0.643. The maximum atomic E-state index is 4.50. The molecule has 0 aliphatic rings. The molecular formula is C14H25N3. The largest absolute Gasteiger partial charge is 0.359 e. The highest BCUT2D eigenvalue weighted by molar-refractivity contribution is 5.45. The molecule has 96 valence electrons. The Morgan fingerprint density at radius 2 is 2.18 bits per heavy atom. The zero-order chi connectivity index (χ0) is 12.7. The number of hydrogen-bond donors (Lipinski definition) is 1. The lowest BCUT2D eigenvalue weighted by Crippen LogP contribution is -2.26. The first-order valence-electron chi connectivity index (χ1n) is 6.53. The molecule has 1 rings (SSSR count). The third-order valence-corrected chi connectivity index (χ3v) is 2.78. The van der Waals surface area contributed by atoms with Gasteiger partial charge in [0.05, 0.1) is 0 Å². The molecule has 3 heteroatoms. The Morgan fingerprint density at radius 3 is 2.82 bits per heavy atom. The van der Waals surface area contributed by atoms with E-state index < -0.39 is 0 Å². The molecule has 1 aromatic rings. The number of aromatic nitrogens is 1. The van der Waals surface area contributed by atoms with Gasteiger partial charge < -0.3 is 10.2 Å². The fourth-order valence-electron chi connectivity index (χ4n) is 1.73. The van der Waals surface area contributed by atoms with Crippen LogP contribution in [0.3, 0.4) is 0 Å². The average Bonchev–Trinajstić information content (AvgIpc) is 2.33. The molecule has 0 spiro atoms. The minimum atomic E-state index is 0.504. The van der Waals surface area contributed by atoms with Crippen LogP contribution in [0.4, 0.5) is 5.82 Å². The molecule has 0 aliphatic carbocycles. The highest BCUT2D eigenvalue weighted by Crippen LogP contribution is 2.16. The van der Waals surface area contributed by atoms with Gasteiger partial charge in [0, 0.05) is 37.9 Å². The van der Waals surface area contributed by atoms with Crippen LogP contribution in [0.15, 0.2) is 18.3 Å². The van der Waals surface area contributed by atoms with Crippen LogP contribution in [0, 0.1) is 0 Å². The van der Waals surface area contributed by atoms with Gasteiger partial charge in [0.15, 0.2) is 0 Å². The van der Waals surface area contributed by atoms with E-state index in [1.165, 1.54) is 18.4 Å².